The maximum Gasteiger partial charge on any atom is 0.212 e. The van der Waals surface area contributed by atoms with Crippen LogP contribution in [-0.4, -0.2) is 12.1 Å². The molecule has 0 unspecified atom stereocenters. The van der Waals surface area contributed by atoms with Crippen molar-refractivity contribution in [1.82, 2.24) is 4.98 Å². The fourth-order valence-corrected chi connectivity index (χ4v) is 3.69. The molecule has 3 rings (SSSR count). The van der Waals surface area contributed by atoms with Crippen LogP contribution in [0.5, 0.6) is 5.88 Å². The van der Waals surface area contributed by atoms with E-state index in [9.17, 15) is 0 Å². The molecule has 0 bridgehead atoms. The molecule has 1 aliphatic carbocycles. The zero-order valence-corrected chi connectivity index (χ0v) is 15.7. The minimum Gasteiger partial charge on any atom is -0.481 e. The van der Waals surface area contributed by atoms with Crippen molar-refractivity contribution in [3.8, 4) is 5.88 Å². The van der Waals surface area contributed by atoms with Crippen LogP contribution in [0.3, 0.4) is 0 Å². The molecule has 0 radical (unpaired) electrons. The Kier molecular flexibility index (Phi) is 5.95. The largest absolute Gasteiger partial charge is 0.481 e. The monoisotopic (exact) mass is 338 g/mol. The lowest BCUT2D eigenvalue weighted by Crippen LogP contribution is -2.10. The summed E-state index contributed by atoms with van der Waals surface area (Å²) >= 11 is 0. The summed E-state index contributed by atoms with van der Waals surface area (Å²) in [5, 5.41) is 3.65. The average Bonchev–Trinajstić information content (AvgIpc) is 2.67. The van der Waals surface area contributed by atoms with Crippen LogP contribution in [0.2, 0.25) is 0 Å². The summed E-state index contributed by atoms with van der Waals surface area (Å²) in [5.41, 5.74) is 5.40. The van der Waals surface area contributed by atoms with E-state index < -0.39 is 0 Å². The number of hydrogen-bond acceptors (Lipinski definition) is 3. The zero-order chi connectivity index (χ0) is 17.6. The van der Waals surface area contributed by atoms with Gasteiger partial charge in [0.25, 0.3) is 0 Å². The summed E-state index contributed by atoms with van der Waals surface area (Å²) < 4.78 is 5.13. The Morgan fingerprint density at radius 1 is 1.12 bits per heavy atom. The van der Waals surface area contributed by atoms with Crippen LogP contribution in [0.25, 0.3) is 0 Å². The first-order chi connectivity index (χ1) is 12.2. The molecule has 3 nitrogen and oxygen atoms in total. The standard InChI is InChI=1S/C22H30N2O/c1-16(2)19-10-11-21(20(13-19)18-7-5-4-6-8-18)23-14-17-9-12-22(25-3)24-15-17/h9-13,15-16,18,23H,4-8,14H2,1-3H3. The smallest absolute Gasteiger partial charge is 0.212 e. The Balaban J connectivity index is 1.78. The first-order valence-electron chi connectivity index (χ1n) is 9.54. The second-order valence-corrected chi connectivity index (χ2v) is 7.40. The fourth-order valence-electron chi connectivity index (χ4n) is 3.69. The summed E-state index contributed by atoms with van der Waals surface area (Å²) in [4.78, 5) is 4.30. The zero-order valence-electron chi connectivity index (χ0n) is 15.7. The van der Waals surface area contributed by atoms with Crippen molar-refractivity contribution in [1.29, 1.82) is 0 Å². The van der Waals surface area contributed by atoms with E-state index in [1.54, 1.807) is 7.11 Å². The normalized spacial score (nSPS) is 15.4. The number of hydrogen-bond donors (Lipinski definition) is 1. The van der Waals surface area contributed by atoms with Crippen molar-refractivity contribution in [3.63, 3.8) is 0 Å². The summed E-state index contributed by atoms with van der Waals surface area (Å²) in [7, 11) is 1.65. The summed E-state index contributed by atoms with van der Waals surface area (Å²) in [6.07, 6.45) is 8.63. The minimum atomic E-state index is 0.571. The summed E-state index contributed by atoms with van der Waals surface area (Å²) in [5.74, 6) is 1.93. The van der Waals surface area contributed by atoms with E-state index in [-0.39, 0.29) is 0 Å². The Morgan fingerprint density at radius 2 is 1.92 bits per heavy atom. The molecule has 3 heteroatoms. The summed E-state index contributed by atoms with van der Waals surface area (Å²) in [6.45, 7) is 5.34. The van der Waals surface area contributed by atoms with Gasteiger partial charge in [0.15, 0.2) is 0 Å². The lowest BCUT2D eigenvalue weighted by Gasteiger charge is -2.26. The molecule has 1 heterocycles. The quantitative estimate of drug-likeness (QED) is 0.715. The van der Waals surface area contributed by atoms with Crippen LogP contribution in [0, 0.1) is 0 Å². The van der Waals surface area contributed by atoms with Crippen LogP contribution >= 0.6 is 0 Å². The van der Waals surface area contributed by atoms with Crippen LogP contribution in [0.1, 0.15) is 74.5 Å². The number of anilines is 1. The number of pyridine rings is 1. The maximum absolute atomic E-state index is 5.13. The molecular weight excluding hydrogens is 308 g/mol. The first kappa shape index (κ1) is 17.8. The van der Waals surface area contributed by atoms with Crippen molar-refractivity contribution < 1.29 is 4.74 Å². The SMILES string of the molecule is COc1ccc(CNc2ccc(C(C)C)cc2C2CCCCC2)cn1. The minimum absolute atomic E-state index is 0.571. The molecule has 1 aromatic heterocycles. The highest BCUT2D eigenvalue weighted by molar-refractivity contribution is 5.55. The van der Waals surface area contributed by atoms with Gasteiger partial charge in [-0.3, -0.25) is 0 Å². The lowest BCUT2D eigenvalue weighted by atomic mass is 9.82. The molecule has 0 atom stereocenters. The molecule has 2 aromatic rings. The lowest BCUT2D eigenvalue weighted by molar-refractivity contribution is 0.397. The van der Waals surface area contributed by atoms with E-state index in [0.29, 0.717) is 17.7 Å². The molecule has 0 saturated heterocycles. The fraction of sp³-hybridized carbons (Fsp3) is 0.500. The predicted octanol–water partition coefficient (Wildman–Crippen LogP) is 5.87. The van der Waals surface area contributed by atoms with Gasteiger partial charge in [-0.15, -0.1) is 0 Å². The predicted molar refractivity (Wildman–Crippen MR) is 104 cm³/mol. The maximum atomic E-state index is 5.13. The number of ether oxygens (including phenoxy) is 1. The molecule has 0 amide bonds. The van der Waals surface area contributed by atoms with Gasteiger partial charge in [-0.1, -0.05) is 51.3 Å². The number of methoxy groups -OCH3 is 1. The van der Waals surface area contributed by atoms with Crippen LogP contribution < -0.4 is 10.1 Å². The van der Waals surface area contributed by atoms with Crippen molar-refractivity contribution in [2.75, 3.05) is 12.4 Å². The second kappa shape index (κ2) is 8.37. The topological polar surface area (TPSA) is 34.1 Å². The summed E-state index contributed by atoms with van der Waals surface area (Å²) in [6, 6.07) is 11.0. The van der Waals surface area contributed by atoms with Crippen molar-refractivity contribution in [2.45, 2.75) is 64.3 Å². The number of aromatic nitrogens is 1. The highest BCUT2D eigenvalue weighted by Gasteiger charge is 2.19. The van der Waals surface area contributed by atoms with E-state index in [4.69, 9.17) is 4.74 Å². The molecule has 1 saturated carbocycles. The molecule has 1 aromatic carbocycles. The molecule has 1 fully saturated rings. The third kappa shape index (κ3) is 4.53. The Hall–Kier alpha value is -2.03. The Bertz CT molecular complexity index is 673. The van der Waals surface area contributed by atoms with Crippen LogP contribution in [0.4, 0.5) is 5.69 Å². The molecule has 134 valence electrons. The third-order valence-corrected chi connectivity index (χ3v) is 5.28. The highest BCUT2D eigenvalue weighted by Crippen LogP contribution is 2.38. The Labute approximate surface area is 151 Å². The van der Waals surface area contributed by atoms with E-state index in [2.05, 4.69) is 48.4 Å². The van der Waals surface area contributed by atoms with Gasteiger partial charge in [0.05, 0.1) is 7.11 Å². The van der Waals surface area contributed by atoms with Gasteiger partial charge in [-0.05, 0) is 47.4 Å². The van der Waals surface area contributed by atoms with E-state index in [1.807, 2.05) is 12.3 Å². The van der Waals surface area contributed by atoms with Crippen LogP contribution in [0.15, 0.2) is 36.5 Å². The molecular formula is C22H30N2O. The van der Waals surface area contributed by atoms with E-state index in [1.165, 1.54) is 54.5 Å². The number of nitrogens with one attached hydrogen (secondary N) is 1. The van der Waals surface area contributed by atoms with E-state index in [0.717, 1.165) is 6.54 Å². The van der Waals surface area contributed by atoms with E-state index >= 15 is 0 Å². The number of rotatable bonds is 6. The van der Waals surface area contributed by atoms with Crippen molar-refractivity contribution >= 4 is 5.69 Å². The van der Waals surface area contributed by atoms with Crippen molar-refractivity contribution in [2.24, 2.45) is 0 Å². The molecule has 0 aliphatic heterocycles. The number of benzene rings is 1. The number of nitrogens with zero attached hydrogens (tertiary/aromatic N) is 1. The van der Waals surface area contributed by atoms with Gasteiger partial charge < -0.3 is 10.1 Å². The van der Waals surface area contributed by atoms with Gasteiger partial charge in [0.1, 0.15) is 0 Å². The molecule has 0 spiro atoms. The Morgan fingerprint density at radius 3 is 2.56 bits per heavy atom. The first-order valence-corrected chi connectivity index (χ1v) is 9.54. The van der Waals surface area contributed by atoms with Crippen LogP contribution in [-0.2, 0) is 6.54 Å². The third-order valence-electron chi connectivity index (χ3n) is 5.28. The van der Waals surface area contributed by atoms with Gasteiger partial charge in [-0.25, -0.2) is 4.98 Å². The van der Waals surface area contributed by atoms with Gasteiger partial charge >= 0.3 is 0 Å². The molecule has 1 aliphatic rings. The van der Waals surface area contributed by atoms with Gasteiger partial charge in [-0.2, -0.15) is 0 Å². The second-order valence-electron chi connectivity index (χ2n) is 7.40. The average molecular weight is 338 g/mol. The molecule has 25 heavy (non-hydrogen) atoms. The molecule has 1 N–H and O–H groups in total. The highest BCUT2D eigenvalue weighted by atomic mass is 16.5. The van der Waals surface area contributed by atoms with Gasteiger partial charge in [0, 0.05) is 24.5 Å². The van der Waals surface area contributed by atoms with Gasteiger partial charge in [0.2, 0.25) is 5.88 Å². The van der Waals surface area contributed by atoms with Crippen molar-refractivity contribution in [3.05, 3.63) is 53.2 Å².